The van der Waals surface area contributed by atoms with Crippen LogP contribution in [0, 0.1) is 0 Å². The Hall–Kier alpha value is -1.69. The molecule has 0 saturated heterocycles. The van der Waals surface area contributed by atoms with Crippen molar-refractivity contribution in [2.45, 2.75) is 20.4 Å². The topological polar surface area (TPSA) is 42.5 Å². The molecule has 7 heteroatoms. The van der Waals surface area contributed by atoms with Gasteiger partial charge in [-0.05, 0) is 62.0 Å². The summed E-state index contributed by atoms with van der Waals surface area (Å²) in [4.78, 5) is 0. The molecule has 0 radical (unpaired) electrons. The lowest BCUT2D eigenvalue weighted by atomic mass is 10.2. The lowest BCUT2D eigenvalue weighted by molar-refractivity contribution is 0.287. The predicted molar refractivity (Wildman–Crippen MR) is 108 cm³/mol. The van der Waals surface area contributed by atoms with E-state index in [4.69, 9.17) is 44.9 Å². The van der Waals surface area contributed by atoms with E-state index in [2.05, 4.69) is 10.6 Å². The monoisotopic (exact) mass is 398 g/mol. The summed E-state index contributed by atoms with van der Waals surface area (Å²) >= 11 is 17.4. The van der Waals surface area contributed by atoms with Gasteiger partial charge in [-0.2, -0.15) is 0 Å². The summed E-state index contributed by atoms with van der Waals surface area (Å²) in [5.74, 6) is 1.46. The lowest BCUT2D eigenvalue weighted by Gasteiger charge is -2.14. The van der Waals surface area contributed by atoms with Crippen LogP contribution in [0.3, 0.4) is 0 Å². The molecule has 0 saturated carbocycles. The normalized spacial score (nSPS) is 10.2. The molecule has 2 aromatic carbocycles. The molecule has 0 heterocycles. The molecule has 0 spiro atoms. The van der Waals surface area contributed by atoms with Gasteiger partial charge in [0.25, 0.3) is 0 Å². The average molecular weight is 399 g/mol. The van der Waals surface area contributed by atoms with Crippen molar-refractivity contribution in [3.63, 3.8) is 0 Å². The maximum atomic E-state index is 6.12. The highest BCUT2D eigenvalue weighted by atomic mass is 35.5. The second kappa shape index (κ2) is 9.70. The van der Waals surface area contributed by atoms with Crippen molar-refractivity contribution in [3.8, 4) is 11.5 Å². The summed E-state index contributed by atoms with van der Waals surface area (Å²) in [6.45, 7) is 5.58. The summed E-state index contributed by atoms with van der Waals surface area (Å²) in [6, 6.07) is 11.0. The zero-order valence-electron chi connectivity index (χ0n) is 14.1. The van der Waals surface area contributed by atoms with E-state index in [0.717, 1.165) is 17.1 Å². The number of hydrogen-bond donors (Lipinski definition) is 2. The van der Waals surface area contributed by atoms with Crippen molar-refractivity contribution in [3.05, 3.63) is 52.0 Å². The highest BCUT2D eigenvalue weighted by Crippen LogP contribution is 2.28. The van der Waals surface area contributed by atoms with Crippen molar-refractivity contribution in [1.29, 1.82) is 0 Å². The van der Waals surface area contributed by atoms with Gasteiger partial charge in [-0.1, -0.05) is 29.3 Å². The van der Waals surface area contributed by atoms with Gasteiger partial charge in [-0.25, -0.2) is 0 Å². The molecule has 0 aliphatic rings. The summed E-state index contributed by atoms with van der Waals surface area (Å²) in [6.07, 6.45) is 0. The van der Waals surface area contributed by atoms with Gasteiger partial charge < -0.3 is 20.1 Å². The highest BCUT2D eigenvalue weighted by Gasteiger charge is 2.07. The van der Waals surface area contributed by atoms with Crippen LogP contribution in [0.2, 0.25) is 10.0 Å². The van der Waals surface area contributed by atoms with Gasteiger partial charge in [-0.3, -0.25) is 0 Å². The summed E-state index contributed by atoms with van der Waals surface area (Å²) in [5, 5.41) is 7.77. The number of thiocarbonyl (C=S) groups is 1. The van der Waals surface area contributed by atoms with Crippen LogP contribution in [0.5, 0.6) is 11.5 Å². The first kappa shape index (κ1) is 19.6. The Kier molecular flexibility index (Phi) is 7.62. The van der Waals surface area contributed by atoms with Crippen LogP contribution in [0.25, 0.3) is 0 Å². The van der Waals surface area contributed by atoms with E-state index < -0.39 is 0 Å². The molecule has 0 amide bonds. The van der Waals surface area contributed by atoms with Gasteiger partial charge in [0.1, 0.15) is 0 Å². The quantitative estimate of drug-likeness (QED) is 0.621. The minimum atomic E-state index is 0.455. The van der Waals surface area contributed by atoms with Crippen LogP contribution in [0.4, 0.5) is 5.69 Å². The minimum Gasteiger partial charge on any atom is -0.490 e. The Labute approximate surface area is 163 Å². The SMILES string of the molecule is CCOc1ccc(CNC(=S)Nc2cc(Cl)ccc2Cl)cc1OCC. The van der Waals surface area contributed by atoms with E-state index in [1.807, 2.05) is 32.0 Å². The standard InChI is InChI=1S/C18H20Cl2N2O2S/c1-3-23-16-8-5-12(9-17(16)24-4-2)11-21-18(25)22-15-10-13(19)6-7-14(15)20/h5-10H,3-4,11H2,1-2H3,(H2,21,22,25). The molecule has 0 fully saturated rings. The maximum Gasteiger partial charge on any atom is 0.171 e. The predicted octanol–water partition coefficient (Wildman–Crippen LogP) is 5.28. The van der Waals surface area contributed by atoms with Crippen LogP contribution >= 0.6 is 35.4 Å². The highest BCUT2D eigenvalue weighted by molar-refractivity contribution is 7.80. The number of hydrogen-bond acceptors (Lipinski definition) is 3. The Morgan fingerprint density at radius 3 is 2.44 bits per heavy atom. The first-order valence-electron chi connectivity index (χ1n) is 7.92. The van der Waals surface area contributed by atoms with E-state index in [9.17, 15) is 0 Å². The van der Waals surface area contributed by atoms with Crippen LogP contribution < -0.4 is 20.1 Å². The van der Waals surface area contributed by atoms with Crippen LogP contribution in [0.15, 0.2) is 36.4 Å². The van der Waals surface area contributed by atoms with Crippen LogP contribution in [-0.2, 0) is 6.54 Å². The molecular weight excluding hydrogens is 379 g/mol. The Morgan fingerprint density at radius 2 is 1.72 bits per heavy atom. The van der Waals surface area contributed by atoms with E-state index in [1.165, 1.54) is 0 Å². The zero-order chi connectivity index (χ0) is 18.2. The molecule has 2 aromatic rings. The number of ether oxygens (including phenoxy) is 2. The summed E-state index contributed by atoms with van der Waals surface area (Å²) in [5.41, 5.74) is 1.68. The second-order valence-electron chi connectivity index (χ2n) is 5.08. The average Bonchev–Trinajstić information content (AvgIpc) is 2.59. The third kappa shape index (κ3) is 5.96. The van der Waals surface area contributed by atoms with Gasteiger partial charge >= 0.3 is 0 Å². The number of nitrogens with one attached hydrogen (secondary N) is 2. The second-order valence-corrected chi connectivity index (χ2v) is 6.33. The van der Waals surface area contributed by atoms with E-state index in [1.54, 1.807) is 18.2 Å². The first-order valence-corrected chi connectivity index (χ1v) is 9.08. The van der Waals surface area contributed by atoms with Crippen LogP contribution in [-0.4, -0.2) is 18.3 Å². The molecule has 0 unspecified atom stereocenters. The number of rotatable bonds is 7. The van der Waals surface area contributed by atoms with E-state index in [0.29, 0.717) is 40.6 Å². The largest absolute Gasteiger partial charge is 0.490 e. The fourth-order valence-corrected chi connectivity index (χ4v) is 2.67. The molecule has 2 rings (SSSR count). The fraction of sp³-hybridized carbons (Fsp3) is 0.278. The fourth-order valence-electron chi connectivity index (χ4n) is 2.15. The molecule has 2 N–H and O–H groups in total. The minimum absolute atomic E-state index is 0.455. The Morgan fingerprint density at radius 1 is 1.00 bits per heavy atom. The van der Waals surface area contributed by atoms with Gasteiger partial charge in [-0.15, -0.1) is 0 Å². The number of benzene rings is 2. The van der Waals surface area contributed by atoms with Crippen molar-refractivity contribution >= 4 is 46.2 Å². The van der Waals surface area contributed by atoms with Gasteiger partial charge in [0.05, 0.1) is 23.9 Å². The number of halogens is 2. The smallest absolute Gasteiger partial charge is 0.171 e. The third-order valence-electron chi connectivity index (χ3n) is 3.24. The lowest BCUT2D eigenvalue weighted by Crippen LogP contribution is -2.28. The summed E-state index contributed by atoms with van der Waals surface area (Å²) < 4.78 is 11.2. The first-order chi connectivity index (χ1) is 12.0. The summed E-state index contributed by atoms with van der Waals surface area (Å²) in [7, 11) is 0. The van der Waals surface area contributed by atoms with Gasteiger partial charge in [0.2, 0.25) is 0 Å². The number of anilines is 1. The molecule has 0 aliphatic carbocycles. The van der Waals surface area contributed by atoms with Crippen molar-refractivity contribution in [1.82, 2.24) is 5.32 Å². The molecule has 0 bridgehead atoms. The third-order valence-corrected chi connectivity index (χ3v) is 4.05. The Balaban J connectivity index is 1.99. The van der Waals surface area contributed by atoms with E-state index >= 15 is 0 Å². The molecule has 0 aliphatic heterocycles. The zero-order valence-corrected chi connectivity index (χ0v) is 16.4. The molecule has 0 aromatic heterocycles. The molecule has 134 valence electrons. The van der Waals surface area contributed by atoms with E-state index in [-0.39, 0.29) is 0 Å². The molecule has 4 nitrogen and oxygen atoms in total. The Bertz CT molecular complexity index is 741. The van der Waals surface area contributed by atoms with Crippen molar-refractivity contribution in [2.75, 3.05) is 18.5 Å². The van der Waals surface area contributed by atoms with Crippen molar-refractivity contribution in [2.24, 2.45) is 0 Å². The molecular formula is C18H20Cl2N2O2S. The van der Waals surface area contributed by atoms with Crippen molar-refractivity contribution < 1.29 is 9.47 Å². The molecule has 0 atom stereocenters. The van der Waals surface area contributed by atoms with Crippen LogP contribution in [0.1, 0.15) is 19.4 Å². The van der Waals surface area contributed by atoms with Gasteiger partial charge in [0.15, 0.2) is 16.6 Å². The molecule has 25 heavy (non-hydrogen) atoms. The van der Waals surface area contributed by atoms with Gasteiger partial charge in [0, 0.05) is 11.6 Å². The maximum absolute atomic E-state index is 6.12.